The minimum absolute atomic E-state index is 0.334. The summed E-state index contributed by atoms with van der Waals surface area (Å²) in [5.41, 5.74) is -0.808. The lowest BCUT2D eigenvalue weighted by Gasteiger charge is -2.32. The van der Waals surface area contributed by atoms with Crippen LogP contribution in [0.2, 0.25) is 0 Å². The van der Waals surface area contributed by atoms with E-state index in [2.05, 4.69) is 0 Å². The maximum atomic E-state index is 15.7. The topological polar surface area (TPSA) is 46.2 Å². The largest absolute Gasteiger partial charge is 0.525 e. The van der Waals surface area contributed by atoms with Crippen molar-refractivity contribution in [3.05, 3.63) is 29.5 Å². The number of methoxy groups -OCH3 is 2. The molecule has 1 saturated heterocycles. The van der Waals surface area contributed by atoms with Crippen LogP contribution in [0.25, 0.3) is 5.57 Å². The van der Waals surface area contributed by atoms with Gasteiger partial charge in [-0.2, -0.15) is 0 Å². The van der Waals surface area contributed by atoms with Crippen LogP contribution in [0.3, 0.4) is 0 Å². The Balaban J connectivity index is 2.54. The third kappa shape index (κ3) is 4.47. The zero-order chi connectivity index (χ0) is 20.2. The van der Waals surface area contributed by atoms with Gasteiger partial charge >= 0.3 is 7.12 Å². The van der Waals surface area contributed by atoms with Gasteiger partial charge in [0.05, 0.1) is 37.6 Å². The molecular formula is C20H30BFO5. The molecule has 0 aromatic heterocycles. The van der Waals surface area contributed by atoms with Crippen LogP contribution in [0.4, 0.5) is 4.39 Å². The molecule has 0 aliphatic carbocycles. The predicted octanol–water partition coefficient (Wildman–Crippen LogP) is 4.44. The van der Waals surface area contributed by atoms with Crippen LogP contribution in [0.1, 0.15) is 46.6 Å². The van der Waals surface area contributed by atoms with Crippen molar-refractivity contribution in [3.8, 4) is 11.5 Å². The highest BCUT2D eigenvalue weighted by atomic mass is 19.1. The summed E-state index contributed by atoms with van der Waals surface area (Å²) in [6.07, 6.45) is 0.334. The second kappa shape index (κ2) is 8.63. The Labute approximate surface area is 161 Å². The summed E-state index contributed by atoms with van der Waals surface area (Å²) in [4.78, 5) is 0. The van der Waals surface area contributed by atoms with E-state index in [1.807, 2.05) is 34.6 Å². The summed E-state index contributed by atoms with van der Waals surface area (Å²) in [6.45, 7) is 10.4. The highest BCUT2D eigenvalue weighted by Crippen LogP contribution is 2.43. The molecular weight excluding hydrogens is 350 g/mol. The second-order valence-corrected chi connectivity index (χ2v) is 7.40. The average Bonchev–Trinajstić information content (AvgIpc) is 2.85. The number of benzene rings is 1. The molecule has 1 aromatic carbocycles. The Morgan fingerprint density at radius 1 is 1.04 bits per heavy atom. The van der Waals surface area contributed by atoms with Crippen molar-refractivity contribution in [1.29, 1.82) is 0 Å². The van der Waals surface area contributed by atoms with Crippen LogP contribution in [0.15, 0.2) is 23.9 Å². The fraction of sp³-hybridized carbons (Fsp3) is 0.600. The Bertz CT molecular complexity index is 649. The molecule has 0 spiro atoms. The lowest BCUT2D eigenvalue weighted by molar-refractivity contribution is 0.00578. The molecule has 27 heavy (non-hydrogen) atoms. The minimum atomic E-state index is -1.10. The van der Waals surface area contributed by atoms with E-state index < -0.39 is 24.0 Å². The molecule has 1 heterocycles. The van der Waals surface area contributed by atoms with Crippen LogP contribution in [0, 0.1) is 0 Å². The standard InChI is InChI=1S/C20H30BFO5/c1-8-25-13-12-14(17-15(23-6)10-9-11-16(17)24-7)18(22)21-26-19(2,3)20(4,5)27-21/h9-11H,8,12-13H2,1-7H3. The van der Waals surface area contributed by atoms with E-state index in [4.69, 9.17) is 23.5 Å². The van der Waals surface area contributed by atoms with Gasteiger partial charge in [-0.3, -0.25) is 0 Å². The van der Waals surface area contributed by atoms with Crippen molar-refractivity contribution in [2.24, 2.45) is 0 Å². The van der Waals surface area contributed by atoms with Crippen molar-refractivity contribution in [2.45, 2.75) is 52.2 Å². The molecule has 1 aromatic rings. The fourth-order valence-electron chi connectivity index (χ4n) is 2.92. The highest BCUT2D eigenvalue weighted by Gasteiger charge is 2.53. The van der Waals surface area contributed by atoms with Gasteiger partial charge in [0.15, 0.2) is 0 Å². The van der Waals surface area contributed by atoms with Gasteiger partial charge in [0.25, 0.3) is 0 Å². The first-order valence-corrected chi connectivity index (χ1v) is 9.21. The van der Waals surface area contributed by atoms with E-state index >= 15 is 4.39 Å². The van der Waals surface area contributed by atoms with Gasteiger partial charge < -0.3 is 23.5 Å². The summed E-state index contributed by atoms with van der Waals surface area (Å²) < 4.78 is 43.9. The summed E-state index contributed by atoms with van der Waals surface area (Å²) >= 11 is 0. The quantitative estimate of drug-likeness (QED) is 0.493. The molecule has 1 fully saturated rings. The van der Waals surface area contributed by atoms with E-state index in [0.29, 0.717) is 42.3 Å². The monoisotopic (exact) mass is 380 g/mol. The molecule has 7 heteroatoms. The maximum Gasteiger partial charge on any atom is 0.525 e. The Morgan fingerprint density at radius 3 is 2.00 bits per heavy atom. The Kier molecular flexibility index (Phi) is 6.95. The molecule has 0 atom stereocenters. The highest BCUT2D eigenvalue weighted by molar-refractivity contribution is 6.55. The van der Waals surface area contributed by atoms with Crippen LogP contribution in [0.5, 0.6) is 11.5 Å². The third-order valence-corrected chi connectivity index (χ3v) is 5.18. The van der Waals surface area contributed by atoms with Crippen molar-refractivity contribution in [2.75, 3.05) is 27.4 Å². The summed E-state index contributed by atoms with van der Waals surface area (Å²) in [6, 6.07) is 5.35. The Hall–Kier alpha value is -1.57. The zero-order valence-corrected chi connectivity index (χ0v) is 17.3. The van der Waals surface area contributed by atoms with Gasteiger partial charge in [-0.25, -0.2) is 4.39 Å². The van der Waals surface area contributed by atoms with Gasteiger partial charge in [-0.05, 0) is 58.7 Å². The van der Waals surface area contributed by atoms with Gasteiger partial charge in [-0.1, -0.05) is 6.07 Å². The molecule has 0 amide bonds. The van der Waals surface area contributed by atoms with Crippen LogP contribution >= 0.6 is 0 Å². The maximum absolute atomic E-state index is 15.7. The van der Waals surface area contributed by atoms with Crippen molar-refractivity contribution in [3.63, 3.8) is 0 Å². The average molecular weight is 380 g/mol. The van der Waals surface area contributed by atoms with Gasteiger partial charge in [-0.15, -0.1) is 0 Å². The molecule has 1 aliphatic rings. The number of hydrogen-bond donors (Lipinski definition) is 0. The van der Waals surface area contributed by atoms with Gasteiger partial charge in [0.1, 0.15) is 17.2 Å². The number of rotatable bonds is 8. The van der Waals surface area contributed by atoms with Crippen LogP contribution in [-0.4, -0.2) is 45.8 Å². The zero-order valence-electron chi connectivity index (χ0n) is 17.3. The van der Waals surface area contributed by atoms with E-state index in [9.17, 15) is 0 Å². The first kappa shape index (κ1) is 21.7. The fourth-order valence-corrected chi connectivity index (χ4v) is 2.92. The predicted molar refractivity (Wildman–Crippen MR) is 105 cm³/mol. The van der Waals surface area contributed by atoms with Crippen molar-refractivity contribution < 1.29 is 27.9 Å². The van der Waals surface area contributed by atoms with E-state index in [1.54, 1.807) is 32.4 Å². The van der Waals surface area contributed by atoms with E-state index in [-0.39, 0.29) is 0 Å². The van der Waals surface area contributed by atoms with Crippen LogP contribution < -0.4 is 9.47 Å². The molecule has 0 unspecified atom stereocenters. The van der Waals surface area contributed by atoms with Crippen LogP contribution in [-0.2, 0) is 14.0 Å². The summed E-state index contributed by atoms with van der Waals surface area (Å²) in [5.74, 6) is 1.04. The first-order chi connectivity index (χ1) is 12.7. The van der Waals surface area contributed by atoms with Crippen molar-refractivity contribution in [1.82, 2.24) is 0 Å². The minimum Gasteiger partial charge on any atom is -0.496 e. The Morgan fingerprint density at radius 2 is 1.56 bits per heavy atom. The third-order valence-electron chi connectivity index (χ3n) is 5.18. The normalized spacial score (nSPS) is 19.0. The second-order valence-electron chi connectivity index (χ2n) is 7.40. The van der Waals surface area contributed by atoms with E-state index in [1.165, 1.54) is 0 Å². The molecule has 0 N–H and O–H groups in total. The number of hydrogen-bond acceptors (Lipinski definition) is 5. The smallest absolute Gasteiger partial charge is 0.496 e. The van der Waals surface area contributed by atoms with E-state index in [0.717, 1.165) is 0 Å². The van der Waals surface area contributed by atoms with Crippen molar-refractivity contribution >= 4 is 12.7 Å². The number of ether oxygens (including phenoxy) is 3. The SMILES string of the molecule is CCOCCC(=C(F)B1OC(C)(C)C(C)(C)O1)c1c(OC)cccc1OC. The lowest BCUT2D eigenvalue weighted by Crippen LogP contribution is -2.41. The first-order valence-electron chi connectivity index (χ1n) is 9.21. The molecule has 2 rings (SSSR count). The number of halogens is 1. The molecule has 0 saturated carbocycles. The molecule has 0 radical (unpaired) electrons. The van der Waals surface area contributed by atoms with Gasteiger partial charge in [0, 0.05) is 6.61 Å². The lowest BCUT2D eigenvalue weighted by atomic mass is 9.81. The summed E-state index contributed by atoms with van der Waals surface area (Å²) in [7, 11) is 2.00. The summed E-state index contributed by atoms with van der Waals surface area (Å²) in [5, 5.41) is 0. The molecule has 150 valence electrons. The van der Waals surface area contributed by atoms with Gasteiger partial charge in [0.2, 0.25) is 0 Å². The molecule has 1 aliphatic heterocycles. The molecule has 0 bridgehead atoms. The molecule has 5 nitrogen and oxygen atoms in total.